The average molecular weight is 345 g/mol. The second kappa shape index (κ2) is 5.75. The van der Waals surface area contributed by atoms with Crippen molar-refractivity contribution in [2.24, 2.45) is 0 Å². The Bertz CT molecular complexity index is 782. The number of hydrogen-bond donors (Lipinski definition) is 2. The highest BCUT2D eigenvalue weighted by Gasteiger charge is 2.18. The van der Waals surface area contributed by atoms with Crippen molar-refractivity contribution in [1.82, 2.24) is 0 Å². The van der Waals surface area contributed by atoms with Crippen LogP contribution in [0.3, 0.4) is 0 Å². The van der Waals surface area contributed by atoms with E-state index in [0.717, 1.165) is 0 Å². The van der Waals surface area contributed by atoms with E-state index in [1.807, 2.05) is 0 Å². The van der Waals surface area contributed by atoms with Crippen LogP contribution in [-0.2, 0) is 10.0 Å². The number of sulfonamides is 1. The normalized spacial score (nSPS) is 11.4. The lowest BCUT2D eigenvalue weighted by Gasteiger charge is -2.13. The first-order chi connectivity index (χ1) is 9.72. The summed E-state index contributed by atoms with van der Waals surface area (Å²) in [5, 5.41) is 0.842. The molecule has 0 unspecified atom stereocenters. The molecule has 0 saturated heterocycles. The number of benzene rings is 2. The maximum absolute atomic E-state index is 12.4. The van der Waals surface area contributed by atoms with Gasteiger partial charge in [-0.25, -0.2) is 8.42 Å². The van der Waals surface area contributed by atoms with E-state index in [4.69, 9.17) is 28.9 Å². The SMILES string of the molecule is Cc1cc(S(=O)(=O)Nc2cccc(Cl)c2C)cc(N)c1Cl. The van der Waals surface area contributed by atoms with Gasteiger partial charge in [0.05, 0.1) is 21.3 Å². The van der Waals surface area contributed by atoms with Gasteiger partial charge in [-0.1, -0.05) is 29.3 Å². The number of aryl methyl sites for hydroxylation is 1. The molecule has 0 aromatic heterocycles. The Kier molecular flexibility index (Phi) is 4.37. The number of hydrogen-bond acceptors (Lipinski definition) is 3. The van der Waals surface area contributed by atoms with E-state index in [2.05, 4.69) is 4.72 Å². The van der Waals surface area contributed by atoms with Crippen LogP contribution in [0, 0.1) is 13.8 Å². The predicted molar refractivity (Wildman–Crippen MR) is 87.6 cm³/mol. The third-order valence-electron chi connectivity index (χ3n) is 3.08. The lowest BCUT2D eigenvalue weighted by atomic mass is 10.2. The zero-order valence-corrected chi connectivity index (χ0v) is 13.8. The van der Waals surface area contributed by atoms with Crippen molar-refractivity contribution in [1.29, 1.82) is 0 Å². The van der Waals surface area contributed by atoms with E-state index >= 15 is 0 Å². The van der Waals surface area contributed by atoms with Gasteiger partial charge in [0.25, 0.3) is 10.0 Å². The van der Waals surface area contributed by atoms with Gasteiger partial charge in [-0.15, -0.1) is 0 Å². The highest BCUT2D eigenvalue weighted by Crippen LogP contribution is 2.29. The van der Waals surface area contributed by atoms with Gasteiger partial charge >= 0.3 is 0 Å². The van der Waals surface area contributed by atoms with Crippen LogP contribution < -0.4 is 10.5 Å². The van der Waals surface area contributed by atoms with Crippen molar-refractivity contribution in [3.63, 3.8) is 0 Å². The van der Waals surface area contributed by atoms with Crippen LogP contribution in [0.25, 0.3) is 0 Å². The lowest BCUT2D eigenvalue weighted by Crippen LogP contribution is -2.14. The Morgan fingerprint density at radius 2 is 1.81 bits per heavy atom. The van der Waals surface area contributed by atoms with Crippen LogP contribution >= 0.6 is 23.2 Å². The van der Waals surface area contributed by atoms with Crippen LogP contribution in [0.15, 0.2) is 35.2 Å². The summed E-state index contributed by atoms with van der Waals surface area (Å²) in [5.41, 5.74) is 7.62. The molecule has 0 bridgehead atoms. The van der Waals surface area contributed by atoms with E-state index in [1.165, 1.54) is 12.1 Å². The molecule has 0 aliphatic rings. The lowest BCUT2D eigenvalue weighted by molar-refractivity contribution is 0.601. The van der Waals surface area contributed by atoms with Crippen LogP contribution in [0.2, 0.25) is 10.0 Å². The first-order valence-electron chi connectivity index (χ1n) is 6.06. The largest absolute Gasteiger partial charge is 0.397 e. The van der Waals surface area contributed by atoms with Crippen molar-refractivity contribution in [2.75, 3.05) is 10.5 Å². The second-order valence-electron chi connectivity index (χ2n) is 4.66. The van der Waals surface area contributed by atoms with Gasteiger partial charge in [-0.3, -0.25) is 4.72 Å². The van der Waals surface area contributed by atoms with Crippen LogP contribution in [-0.4, -0.2) is 8.42 Å². The Morgan fingerprint density at radius 3 is 2.43 bits per heavy atom. The smallest absolute Gasteiger partial charge is 0.261 e. The fraction of sp³-hybridized carbons (Fsp3) is 0.143. The summed E-state index contributed by atoms with van der Waals surface area (Å²) in [6.45, 7) is 3.43. The van der Waals surface area contributed by atoms with Crippen molar-refractivity contribution < 1.29 is 8.42 Å². The number of nitrogen functional groups attached to an aromatic ring is 1. The third-order valence-corrected chi connectivity index (χ3v) is 5.35. The van der Waals surface area contributed by atoms with Crippen molar-refractivity contribution in [2.45, 2.75) is 18.7 Å². The van der Waals surface area contributed by atoms with Gasteiger partial charge in [0.2, 0.25) is 0 Å². The van der Waals surface area contributed by atoms with E-state index in [0.29, 0.717) is 26.9 Å². The van der Waals surface area contributed by atoms with Gasteiger partial charge in [-0.05, 0) is 49.2 Å². The molecule has 2 aromatic carbocycles. The van der Waals surface area contributed by atoms with Gasteiger partial charge in [0, 0.05) is 5.02 Å². The van der Waals surface area contributed by atoms with E-state index in [1.54, 1.807) is 32.0 Å². The highest BCUT2D eigenvalue weighted by molar-refractivity contribution is 7.92. The Hall–Kier alpha value is -1.43. The average Bonchev–Trinajstić information content (AvgIpc) is 2.40. The minimum absolute atomic E-state index is 0.0567. The zero-order valence-electron chi connectivity index (χ0n) is 11.4. The molecule has 0 amide bonds. The maximum Gasteiger partial charge on any atom is 0.261 e. The molecule has 0 aliphatic carbocycles. The zero-order chi connectivity index (χ0) is 15.8. The van der Waals surface area contributed by atoms with Crippen LogP contribution in [0.4, 0.5) is 11.4 Å². The molecule has 0 spiro atoms. The molecule has 0 fully saturated rings. The van der Waals surface area contributed by atoms with Crippen LogP contribution in [0.5, 0.6) is 0 Å². The predicted octanol–water partition coefficient (Wildman–Crippen LogP) is 3.99. The Labute approximate surface area is 133 Å². The molecule has 0 aliphatic heterocycles. The third kappa shape index (κ3) is 3.26. The van der Waals surface area contributed by atoms with E-state index in [-0.39, 0.29) is 10.6 Å². The molecular weight excluding hydrogens is 331 g/mol. The molecule has 7 heteroatoms. The molecule has 4 nitrogen and oxygen atoms in total. The quantitative estimate of drug-likeness (QED) is 0.826. The minimum atomic E-state index is -3.76. The van der Waals surface area contributed by atoms with Gasteiger partial charge in [0.1, 0.15) is 0 Å². The van der Waals surface area contributed by atoms with Crippen molar-refractivity contribution >= 4 is 44.6 Å². The molecule has 0 atom stereocenters. The summed E-state index contributed by atoms with van der Waals surface area (Å²) in [6.07, 6.45) is 0. The second-order valence-corrected chi connectivity index (χ2v) is 7.13. The molecule has 3 N–H and O–H groups in total. The number of anilines is 2. The topological polar surface area (TPSA) is 72.2 Å². The standard InChI is InChI=1S/C14H14Cl2N2O2S/c1-8-6-10(7-12(17)14(8)16)21(19,20)18-13-5-3-4-11(15)9(13)2/h3-7,18H,17H2,1-2H3. The number of nitrogens with two attached hydrogens (primary N) is 1. The summed E-state index contributed by atoms with van der Waals surface area (Å²) in [5.74, 6) is 0. The molecule has 2 rings (SSSR count). The fourth-order valence-corrected chi connectivity index (χ4v) is 3.37. The number of halogens is 2. The number of nitrogens with one attached hydrogen (secondary N) is 1. The molecule has 0 radical (unpaired) electrons. The molecule has 0 saturated carbocycles. The van der Waals surface area contributed by atoms with Crippen LogP contribution in [0.1, 0.15) is 11.1 Å². The van der Waals surface area contributed by atoms with E-state index in [9.17, 15) is 8.42 Å². The molecule has 2 aromatic rings. The van der Waals surface area contributed by atoms with Gasteiger partial charge < -0.3 is 5.73 Å². The molecular formula is C14H14Cl2N2O2S. The highest BCUT2D eigenvalue weighted by atomic mass is 35.5. The number of rotatable bonds is 3. The monoisotopic (exact) mass is 344 g/mol. The Morgan fingerprint density at radius 1 is 1.14 bits per heavy atom. The maximum atomic E-state index is 12.4. The van der Waals surface area contributed by atoms with E-state index < -0.39 is 10.0 Å². The minimum Gasteiger partial charge on any atom is -0.397 e. The summed E-state index contributed by atoms with van der Waals surface area (Å²) >= 11 is 11.9. The van der Waals surface area contributed by atoms with Crippen molar-refractivity contribution in [3.8, 4) is 0 Å². The molecule has 21 heavy (non-hydrogen) atoms. The summed E-state index contributed by atoms with van der Waals surface area (Å²) in [6, 6.07) is 7.82. The summed E-state index contributed by atoms with van der Waals surface area (Å²) < 4.78 is 27.4. The summed E-state index contributed by atoms with van der Waals surface area (Å²) in [7, 11) is -3.76. The first kappa shape index (κ1) is 15.9. The molecule has 0 heterocycles. The van der Waals surface area contributed by atoms with Gasteiger partial charge in [0.15, 0.2) is 0 Å². The molecule has 112 valence electrons. The first-order valence-corrected chi connectivity index (χ1v) is 8.30. The van der Waals surface area contributed by atoms with Gasteiger partial charge in [-0.2, -0.15) is 0 Å². The summed E-state index contributed by atoms with van der Waals surface area (Å²) in [4.78, 5) is 0.0567. The Balaban J connectivity index is 2.46. The fourth-order valence-electron chi connectivity index (χ4n) is 1.84. The van der Waals surface area contributed by atoms with Crippen molar-refractivity contribution in [3.05, 3.63) is 51.5 Å².